The molecule has 0 atom stereocenters. The Morgan fingerprint density at radius 2 is 1.25 bits per heavy atom. The molecule has 0 bridgehead atoms. The van der Waals surface area contributed by atoms with Gasteiger partial charge in [0.1, 0.15) is 11.3 Å². The van der Waals surface area contributed by atoms with Crippen LogP contribution in [0.3, 0.4) is 0 Å². The molecule has 1 aromatic heterocycles. The normalized spacial score (nSPS) is 10.9. The highest BCUT2D eigenvalue weighted by Crippen LogP contribution is 2.30. The molecular weight excluding hydrogens is 342 g/mol. The average Bonchev–Trinajstić information content (AvgIpc) is 3.19. The highest BCUT2D eigenvalue weighted by molar-refractivity contribution is 5.83. The average molecular weight is 361 g/mol. The van der Waals surface area contributed by atoms with E-state index in [1.165, 1.54) is 11.1 Å². The van der Waals surface area contributed by atoms with Gasteiger partial charge < -0.3 is 9.73 Å². The first kappa shape index (κ1) is 16.4. The molecule has 28 heavy (non-hydrogen) atoms. The monoisotopic (exact) mass is 361 g/mol. The molecule has 0 aliphatic rings. The van der Waals surface area contributed by atoms with Crippen LogP contribution in [0.5, 0.6) is 0 Å². The molecule has 2 nitrogen and oxygen atoms in total. The minimum absolute atomic E-state index is 0.888. The summed E-state index contributed by atoms with van der Waals surface area (Å²) in [6.45, 7) is 0. The first-order chi connectivity index (χ1) is 13.8. The fourth-order valence-electron chi connectivity index (χ4n) is 3.42. The number of fused-ring (bicyclic) bond motifs is 1. The van der Waals surface area contributed by atoms with Crippen molar-refractivity contribution >= 4 is 22.3 Å². The Morgan fingerprint density at radius 3 is 2.07 bits per heavy atom. The quantitative estimate of drug-likeness (QED) is 0.358. The minimum Gasteiger partial charge on any atom is -0.456 e. The Hall–Kier alpha value is -3.78. The Bertz CT molecular complexity index is 1190. The summed E-state index contributed by atoms with van der Waals surface area (Å²) in [4.78, 5) is 0. The van der Waals surface area contributed by atoms with Crippen LogP contribution >= 0.6 is 0 Å². The molecule has 0 amide bonds. The van der Waals surface area contributed by atoms with E-state index in [9.17, 15) is 0 Å². The Balaban J connectivity index is 1.38. The summed E-state index contributed by atoms with van der Waals surface area (Å²) in [5.41, 5.74) is 6.51. The maximum absolute atomic E-state index is 5.96. The SMILES string of the molecule is c1ccc(-c2cccc(Nc3ccc(-c4cc5ccccc5o4)cc3)c2)cc1. The third-order valence-electron chi connectivity index (χ3n) is 4.85. The molecule has 0 aliphatic heterocycles. The van der Waals surface area contributed by atoms with Gasteiger partial charge in [0.15, 0.2) is 0 Å². The molecule has 0 saturated carbocycles. The van der Waals surface area contributed by atoms with E-state index in [0.717, 1.165) is 33.7 Å². The van der Waals surface area contributed by atoms with Crippen LogP contribution in [-0.2, 0) is 0 Å². The van der Waals surface area contributed by atoms with E-state index in [0.29, 0.717) is 0 Å². The highest BCUT2D eigenvalue weighted by Gasteiger charge is 2.06. The largest absolute Gasteiger partial charge is 0.456 e. The summed E-state index contributed by atoms with van der Waals surface area (Å²) < 4.78 is 5.96. The molecule has 0 spiro atoms. The van der Waals surface area contributed by atoms with E-state index < -0.39 is 0 Å². The highest BCUT2D eigenvalue weighted by atomic mass is 16.3. The van der Waals surface area contributed by atoms with Gasteiger partial charge >= 0.3 is 0 Å². The summed E-state index contributed by atoms with van der Waals surface area (Å²) in [6.07, 6.45) is 0. The van der Waals surface area contributed by atoms with Gasteiger partial charge in [-0.2, -0.15) is 0 Å². The summed E-state index contributed by atoms with van der Waals surface area (Å²) in [6, 6.07) is 37.4. The lowest BCUT2D eigenvalue weighted by Crippen LogP contribution is -1.90. The Labute approximate surface area is 164 Å². The second-order valence-electron chi connectivity index (χ2n) is 6.80. The minimum atomic E-state index is 0.888. The summed E-state index contributed by atoms with van der Waals surface area (Å²) >= 11 is 0. The molecule has 4 aromatic carbocycles. The van der Waals surface area contributed by atoms with Gasteiger partial charge in [-0.25, -0.2) is 0 Å². The summed E-state index contributed by atoms with van der Waals surface area (Å²) in [5, 5.41) is 4.61. The molecule has 0 aliphatic carbocycles. The van der Waals surface area contributed by atoms with Crippen molar-refractivity contribution in [3.05, 3.63) is 109 Å². The van der Waals surface area contributed by atoms with Crippen LogP contribution in [0.4, 0.5) is 11.4 Å². The van der Waals surface area contributed by atoms with Crippen molar-refractivity contribution in [3.63, 3.8) is 0 Å². The number of nitrogens with one attached hydrogen (secondary N) is 1. The van der Waals surface area contributed by atoms with E-state index >= 15 is 0 Å². The van der Waals surface area contributed by atoms with Crippen molar-refractivity contribution in [3.8, 4) is 22.5 Å². The zero-order valence-electron chi connectivity index (χ0n) is 15.3. The number of rotatable bonds is 4. The van der Waals surface area contributed by atoms with Crippen LogP contribution in [0.15, 0.2) is 114 Å². The molecular formula is C26H19NO. The number of hydrogen-bond donors (Lipinski definition) is 1. The number of para-hydroxylation sites is 1. The van der Waals surface area contributed by atoms with Gasteiger partial charge in [-0.3, -0.25) is 0 Å². The van der Waals surface area contributed by atoms with Gasteiger partial charge in [0.05, 0.1) is 0 Å². The van der Waals surface area contributed by atoms with Crippen molar-refractivity contribution in [1.82, 2.24) is 0 Å². The molecule has 2 heteroatoms. The van der Waals surface area contributed by atoms with Crippen LogP contribution < -0.4 is 5.32 Å². The van der Waals surface area contributed by atoms with Gasteiger partial charge in [0, 0.05) is 22.3 Å². The number of benzene rings is 4. The first-order valence-corrected chi connectivity index (χ1v) is 9.37. The maximum Gasteiger partial charge on any atom is 0.135 e. The Kier molecular flexibility index (Phi) is 4.15. The topological polar surface area (TPSA) is 25.2 Å². The lowest BCUT2D eigenvalue weighted by molar-refractivity contribution is 0.631. The maximum atomic E-state index is 5.96. The first-order valence-electron chi connectivity index (χ1n) is 9.37. The molecule has 5 rings (SSSR count). The second-order valence-corrected chi connectivity index (χ2v) is 6.80. The number of furan rings is 1. The van der Waals surface area contributed by atoms with Gasteiger partial charge in [-0.05, 0) is 59.7 Å². The molecule has 1 heterocycles. The van der Waals surface area contributed by atoms with Crippen LogP contribution in [0.1, 0.15) is 0 Å². The van der Waals surface area contributed by atoms with Crippen LogP contribution in [-0.4, -0.2) is 0 Å². The van der Waals surface area contributed by atoms with Crippen LogP contribution in [0, 0.1) is 0 Å². The van der Waals surface area contributed by atoms with E-state index in [4.69, 9.17) is 4.42 Å². The fourth-order valence-corrected chi connectivity index (χ4v) is 3.42. The predicted molar refractivity (Wildman–Crippen MR) is 117 cm³/mol. The smallest absolute Gasteiger partial charge is 0.135 e. The van der Waals surface area contributed by atoms with Crippen molar-refractivity contribution in [1.29, 1.82) is 0 Å². The molecule has 134 valence electrons. The van der Waals surface area contributed by atoms with Crippen molar-refractivity contribution in [2.75, 3.05) is 5.32 Å². The molecule has 0 unspecified atom stereocenters. The molecule has 0 fully saturated rings. The van der Waals surface area contributed by atoms with Crippen molar-refractivity contribution in [2.45, 2.75) is 0 Å². The zero-order valence-corrected chi connectivity index (χ0v) is 15.3. The molecule has 5 aromatic rings. The fraction of sp³-hybridized carbons (Fsp3) is 0. The van der Waals surface area contributed by atoms with Gasteiger partial charge in [0.2, 0.25) is 0 Å². The second kappa shape index (κ2) is 7.09. The van der Waals surface area contributed by atoms with Crippen molar-refractivity contribution in [2.24, 2.45) is 0 Å². The van der Waals surface area contributed by atoms with Gasteiger partial charge in [-0.15, -0.1) is 0 Å². The summed E-state index contributed by atoms with van der Waals surface area (Å²) in [5.74, 6) is 0.888. The third kappa shape index (κ3) is 3.28. The lowest BCUT2D eigenvalue weighted by atomic mass is 10.1. The molecule has 0 radical (unpaired) electrons. The van der Waals surface area contributed by atoms with Crippen LogP contribution in [0.25, 0.3) is 33.4 Å². The Morgan fingerprint density at radius 1 is 0.500 bits per heavy atom. The third-order valence-corrected chi connectivity index (χ3v) is 4.85. The molecule has 1 N–H and O–H groups in total. The van der Waals surface area contributed by atoms with Crippen molar-refractivity contribution < 1.29 is 4.42 Å². The van der Waals surface area contributed by atoms with E-state index in [1.807, 2.05) is 24.3 Å². The van der Waals surface area contributed by atoms with Gasteiger partial charge in [0.25, 0.3) is 0 Å². The number of hydrogen-bond acceptors (Lipinski definition) is 2. The van der Waals surface area contributed by atoms with Gasteiger partial charge in [-0.1, -0.05) is 60.7 Å². The lowest BCUT2D eigenvalue weighted by Gasteiger charge is -2.09. The van der Waals surface area contributed by atoms with E-state index in [1.54, 1.807) is 0 Å². The van der Waals surface area contributed by atoms with E-state index in [-0.39, 0.29) is 0 Å². The predicted octanol–water partition coefficient (Wildman–Crippen LogP) is 7.51. The van der Waals surface area contributed by atoms with Crippen LogP contribution in [0.2, 0.25) is 0 Å². The molecule has 0 saturated heterocycles. The standard InChI is InChI=1S/C26H19NO/c1-2-7-19(8-3-1)21-10-6-11-24(17-21)27-23-15-13-20(14-16-23)26-18-22-9-4-5-12-25(22)28-26/h1-18,27H. The zero-order chi connectivity index (χ0) is 18.8. The van der Waals surface area contributed by atoms with E-state index in [2.05, 4.69) is 90.2 Å². The number of anilines is 2. The summed E-state index contributed by atoms with van der Waals surface area (Å²) in [7, 11) is 0.